The van der Waals surface area contributed by atoms with Crippen LogP contribution < -0.4 is 4.74 Å². The number of aromatic nitrogens is 3. The second kappa shape index (κ2) is 5.03. The van der Waals surface area contributed by atoms with E-state index < -0.39 is 0 Å². The van der Waals surface area contributed by atoms with Gasteiger partial charge in [0.1, 0.15) is 12.4 Å². The van der Waals surface area contributed by atoms with Gasteiger partial charge in [0.15, 0.2) is 11.0 Å². The van der Waals surface area contributed by atoms with Crippen molar-refractivity contribution < 1.29 is 4.74 Å². The number of hydrogen-bond acceptors (Lipinski definition) is 4. The van der Waals surface area contributed by atoms with Crippen LogP contribution in [0.1, 0.15) is 5.82 Å². The van der Waals surface area contributed by atoms with Crippen LogP contribution in [0.15, 0.2) is 35.5 Å². The van der Waals surface area contributed by atoms with Crippen LogP contribution in [-0.4, -0.2) is 21.0 Å². The maximum atomic E-state index is 5.60. The van der Waals surface area contributed by atoms with Crippen LogP contribution in [0.3, 0.4) is 0 Å². The highest BCUT2D eigenvalue weighted by Crippen LogP contribution is 2.14. The quantitative estimate of drug-likeness (QED) is 0.761. The Bertz CT molecular complexity index is 456. The molecule has 2 rings (SSSR count). The Hall–Kier alpha value is -1.49. The van der Waals surface area contributed by atoms with Crippen molar-refractivity contribution in [1.82, 2.24) is 14.8 Å². The van der Waals surface area contributed by atoms with E-state index in [1.165, 1.54) is 0 Å². The van der Waals surface area contributed by atoms with Gasteiger partial charge in [-0.05, 0) is 18.4 Å². The normalized spacial score (nSPS) is 10.4. The Morgan fingerprint density at radius 1 is 1.25 bits per heavy atom. The van der Waals surface area contributed by atoms with Gasteiger partial charge in [-0.3, -0.25) is 0 Å². The van der Waals surface area contributed by atoms with Crippen molar-refractivity contribution in [3.8, 4) is 5.75 Å². The van der Waals surface area contributed by atoms with E-state index in [4.69, 9.17) is 4.74 Å². The summed E-state index contributed by atoms with van der Waals surface area (Å²) in [5.74, 6) is 1.67. The third-order valence-corrected chi connectivity index (χ3v) is 2.94. The highest BCUT2D eigenvalue weighted by Gasteiger charge is 2.07. The van der Waals surface area contributed by atoms with Gasteiger partial charge in [0.25, 0.3) is 0 Å². The lowest BCUT2D eigenvalue weighted by Crippen LogP contribution is -2.03. The first-order valence-electron chi connectivity index (χ1n) is 4.91. The molecule has 0 amide bonds. The maximum Gasteiger partial charge on any atom is 0.190 e. The van der Waals surface area contributed by atoms with Crippen LogP contribution in [-0.2, 0) is 13.7 Å². The standard InChI is InChI=1S/C11H13N3OS/c1-14-10(12-13-11(14)16-2)8-15-9-6-4-3-5-7-9/h3-7H,8H2,1-2H3. The first kappa shape index (κ1) is 11.0. The molecule has 1 heterocycles. The van der Waals surface area contributed by atoms with Crippen molar-refractivity contribution in [2.24, 2.45) is 7.05 Å². The lowest BCUT2D eigenvalue weighted by Gasteiger charge is -2.05. The summed E-state index contributed by atoms with van der Waals surface area (Å²) in [6.07, 6.45) is 1.98. The van der Waals surface area contributed by atoms with Gasteiger partial charge in [-0.2, -0.15) is 0 Å². The van der Waals surface area contributed by atoms with Gasteiger partial charge < -0.3 is 9.30 Å². The van der Waals surface area contributed by atoms with E-state index in [1.807, 2.05) is 48.2 Å². The number of thioether (sulfide) groups is 1. The number of ether oxygens (including phenoxy) is 1. The van der Waals surface area contributed by atoms with E-state index in [-0.39, 0.29) is 0 Å². The third kappa shape index (κ3) is 2.36. The molecule has 1 aromatic heterocycles. The van der Waals surface area contributed by atoms with Crippen LogP contribution >= 0.6 is 11.8 Å². The number of nitrogens with zero attached hydrogens (tertiary/aromatic N) is 3. The molecule has 1 aromatic carbocycles. The topological polar surface area (TPSA) is 39.9 Å². The summed E-state index contributed by atoms with van der Waals surface area (Å²) >= 11 is 1.57. The number of rotatable bonds is 4. The molecule has 0 saturated heterocycles. The molecule has 0 aliphatic carbocycles. The summed E-state index contributed by atoms with van der Waals surface area (Å²) in [5, 5.41) is 9.01. The summed E-state index contributed by atoms with van der Waals surface area (Å²) < 4.78 is 7.54. The second-order valence-corrected chi connectivity index (χ2v) is 4.04. The van der Waals surface area contributed by atoms with Crippen LogP contribution in [0, 0.1) is 0 Å². The highest BCUT2D eigenvalue weighted by atomic mass is 32.2. The van der Waals surface area contributed by atoms with Gasteiger partial charge in [-0.25, -0.2) is 0 Å². The SMILES string of the molecule is CSc1nnc(COc2ccccc2)n1C. The zero-order valence-corrected chi connectivity index (χ0v) is 10.1. The lowest BCUT2D eigenvalue weighted by atomic mass is 10.3. The lowest BCUT2D eigenvalue weighted by molar-refractivity contribution is 0.290. The van der Waals surface area contributed by atoms with E-state index in [0.717, 1.165) is 16.7 Å². The van der Waals surface area contributed by atoms with Crippen molar-refractivity contribution >= 4 is 11.8 Å². The van der Waals surface area contributed by atoms with Gasteiger partial charge in [0.2, 0.25) is 0 Å². The Morgan fingerprint density at radius 2 is 2.00 bits per heavy atom. The van der Waals surface area contributed by atoms with Crippen molar-refractivity contribution in [2.75, 3.05) is 6.26 Å². The fourth-order valence-electron chi connectivity index (χ4n) is 1.31. The van der Waals surface area contributed by atoms with E-state index >= 15 is 0 Å². The Balaban J connectivity index is 2.02. The van der Waals surface area contributed by atoms with Gasteiger partial charge >= 0.3 is 0 Å². The summed E-state index contributed by atoms with van der Waals surface area (Å²) in [5.41, 5.74) is 0. The fraction of sp³-hybridized carbons (Fsp3) is 0.273. The maximum absolute atomic E-state index is 5.60. The molecule has 0 aliphatic heterocycles. The molecule has 0 bridgehead atoms. The number of benzene rings is 1. The van der Waals surface area contributed by atoms with Crippen LogP contribution in [0.4, 0.5) is 0 Å². The largest absolute Gasteiger partial charge is 0.486 e. The van der Waals surface area contributed by atoms with Gasteiger partial charge in [-0.1, -0.05) is 30.0 Å². The van der Waals surface area contributed by atoms with Gasteiger partial charge in [0.05, 0.1) is 0 Å². The van der Waals surface area contributed by atoms with E-state index in [1.54, 1.807) is 11.8 Å². The highest BCUT2D eigenvalue weighted by molar-refractivity contribution is 7.98. The number of para-hydroxylation sites is 1. The Kier molecular flexibility index (Phi) is 3.46. The average Bonchev–Trinajstić information content (AvgIpc) is 2.69. The molecular formula is C11H13N3OS. The van der Waals surface area contributed by atoms with Crippen LogP contribution in [0.2, 0.25) is 0 Å². The molecular weight excluding hydrogens is 222 g/mol. The molecule has 0 saturated carbocycles. The average molecular weight is 235 g/mol. The molecule has 0 N–H and O–H groups in total. The number of hydrogen-bond donors (Lipinski definition) is 0. The van der Waals surface area contributed by atoms with Crippen molar-refractivity contribution in [1.29, 1.82) is 0 Å². The molecule has 5 heteroatoms. The Morgan fingerprint density at radius 3 is 2.62 bits per heavy atom. The zero-order chi connectivity index (χ0) is 11.4. The Labute approximate surface area is 98.6 Å². The monoisotopic (exact) mass is 235 g/mol. The van der Waals surface area contributed by atoms with Crippen LogP contribution in [0.25, 0.3) is 0 Å². The molecule has 2 aromatic rings. The van der Waals surface area contributed by atoms with E-state index in [2.05, 4.69) is 10.2 Å². The molecule has 0 unspecified atom stereocenters. The van der Waals surface area contributed by atoms with Gasteiger partial charge in [-0.15, -0.1) is 10.2 Å². The molecule has 84 valence electrons. The zero-order valence-electron chi connectivity index (χ0n) is 9.25. The molecule has 0 atom stereocenters. The molecule has 16 heavy (non-hydrogen) atoms. The molecule has 0 fully saturated rings. The predicted molar refractivity (Wildman–Crippen MR) is 63.6 cm³/mol. The fourth-order valence-corrected chi connectivity index (χ4v) is 1.81. The summed E-state index contributed by atoms with van der Waals surface area (Å²) in [4.78, 5) is 0. The minimum Gasteiger partial charge on any atom is -0.486 e. The molecule has 0 spiro atoms. The smallest absolute Gasteiger partial charge is 0.190 e. The van der Waals surface area contributed by atoms with Crippen LogP contribution in [0.5, 0.6) is 5.75 Å². The minimum absolute atomic E-state index is 0.439. The summed E-state index contributed by atoms with van der Waals surface area (Å²) in [6, 6.07) is 9.69. The first-order chi connectivity index (χ1) is 7.81. The molecule has 0 aliphatic rings. The van der Waals surface area contributed by atoms with Crippen molar-refractivity contribution in [3.05, 3.63) is 36.2 Å². The van der Waals surface area contributed by atoms with E-state index in [0.29, 0.717) is 6.61 Å². The summed E-state index contributed by atoms with van der Waals surface area (Å²) in [6.45, 7) is 0.439. The second-order valence-electron chi connectivity index (χ2n) is 3.26. The third-order valence-electron chi connectivity index (χ3n) is 2.22. The van der Waals surface area contributed by atoms with Crippen molar-refractivity contribution in [3.63, 3.8) is 0 Å². The minimum atomic E-state index is 0.439. The molecule has 0 radical (unpaired) electrons. The van der Waals surface area contributed by atoms with Crippen molar-refractivity contribution in [2.45, 2.75) is 11.8 Å². The van der Waals surface area contributed by atoms with E-state index in [9.17, 15) is 0 Å². The van der Waals surface area contributed by atoms with Gasteiger partial charge in [0, 0.05) is 7.05 Å². The summed E-state index contributed by atoms with van der Waals surface area (Å²) in [7, 11) is 1.94. The first-order valence-corrected chi connectivity index (χ1v) is 6.14. The predicted octanol–water partition coefficient (Wildman–Crippen LogP) is 2.12. The molecule has 4 nitrogen and oxygen atoms in total.